The number of hydrogen-bond acceptors (Lipinski definition) is 3. The molecule has 0 amide bonds. The highest BCUT2D eigenvalue weighted by Gasteiger charge is 2.02. The maximum absolute atomic E-state index is 11.5. The van der Waals surface area contributed by atoms with Gasteiger partial charge in [0.25, 0.3) is 0 Å². The van der Waals surface area contributed by atoms with Crippen LogP contribution in [0.3, 0.4) is 0 Å². The van der Waals surface area contributed by atoms with E-state index in [9.17, 15) is 4.79 Å². The molecule has 0 radical (unpaired) electrons. The van der Waals surface area contributed by atoms with E-state index in [4.69, 9.17) is 4.42 Å². The highest BCUT2D eigenvalue weighted by Crippen LogP contribution is 2.14. The molecule has 15 heavy (non-hydrogen) atoms. The summed E-state index contributed by atoms with van der Waals surface area (Å²) in [6.45, 7) is 2.27. The van der Waals surface area contributed by atoms with Gasteiger partial charge >= 0.3 is 5.69 Å². The lowest BCUT2D eigenvalue weighted by Crippen LogP contribution is -2.23. The summed E-state index contributed by atoms with van der Waals surface area (Å²) in [4.78, 5) is 15.3. The standard InChI is InChI=1S/C10H9BrN2O2/c1-7-2-3-13(10(14)12-7)5-8-4-9(11)15-6-8/h2-4,6H,5H2,1H3. The Bertz CT molecular complexity index is 530. The SMILES string of the molecule is Cc1ccn(Cc2coc(Br)c2)c(=O)n1. The first-order chi connectivity index (χ1) is 7.15. The topological polar surface area (TPSA) is 48.0 Å². The van der Waals surface area contributed by atoms with Crippen molar-refractivity contribution in [2.75, 3.05) is 0 Å². The van der Waals surface area contributed by atoms with Crippen LogP contribution in [0, 0.1) is 6.92 Å². The number of nitrogens with zero attached hydrogens (tertiary/aromatic N) is 2. The van der Waals surface area contributed by atoms with Crippen molar-refractivity contribution in [2.24, 2.45) is 0 Å². The minimum absolute atomic E-state index is 0.243. The average Bonchev–Trinajstić information content (AvgIpc) is 2.56. The number of furan rings is 1. The molecule has 0 saturated heterocycles. The van der Waals surface area contributed by atoms with Gasteiger partial charge in [-0.1, -0.05) is 0 Å². The van der Waals surface area contributed by atoms with Crippen LogP contribution < -0.4 is 5.69 Å². The lowest BCUT2D eigenvalue weighted by atomic mass is 10.3. The van der Waals surface area contributed by atoms with Gasteiger partial charge < -0.3 is 4.42 Å². The van der Waals surface area contributed by atoms with E-state index in [0.29, 0.717) is 11.2 Å². The zero-order valence-corrected chi connectivity index (χ0v) is 9.69. The van der Waals surface area contributed by atoms with E-state index in [1.807, 2.05) is 6.07 Å². The maximum atomic E-state index is 11.5. The van der Waals surface area contributed by atoms with Crippen molar-refractivity contribution < 1.29 is 4.42 Å². The molecule has 0 spiro atoms. The molecule has 2 aromatic rings. The summed E-state index contributed by atoms with van der Waals surface area (Å²) in [5, 5.41) is 0. The third-order valence-electron chi connectivity index (χ3n) is 1.99. The average molecular weight is 269 g/mol. The van der Waals surface area contributed by atoms with Crippen LogP contribution in [-0.2, 0) is 6.54 Å². The normalized spacial score (nSPS) is 10.5. The maximum Gasteiger partial charge on any atom is 0.348 e. The molecule has 0 N–H and O–H groups in total. The van der Waals surface area contributed by atoms with E-state index in [0.717, 1.165) is 11.3 Å². The van der Waals surface area contributed by atoms with Gasteiger partial charge in [0.1, 0.15) is 0 Å². The van der Waals surface area contributed by atoms with Crippen molar-refractivity contribution in [3.05, 3.63) is 51.0 Å². The Morgan fingerprint density at radius 1 is 1.60 bits per heavy atom. The van der Waals surface area contributed by atoms with E-state index in [1.165, 1.54) is 4.57 Å². The van der Waals surface area contributed by atoms with Gasteiger partial charge in [-0.15, -0.1) is 0 Å². The molecule has 0 saturated carbocycles. The van der Waals surface area contributed by atoms with Crippen molar-refractivity contribution in [3.63, 3.8) is 0 Å². The zero-order chi connectivity index (χ0) is 10.8. The van der Waals surface area contributed by atoms with Crippen molar-refractivity contribution in [1.29, 1.82) is 0 Å². The smallest absolute Gasteiger partial charge is 0.348 e. The predicted molar refractivity (Wildman–Crippen MR) is 58.7 cm³/mol. The molecule has 0 bridgehead atoms. The molecule has 2 rings (SSSR count). The van der Waals surface area contributed by atoms with Gasteiger partial charge in [0.2, 0.25) is 0 Å². The van der Waals surface area contributed by atoms with E-state index in [2.05, 4.69) is 20.9 Å². The van der Waals surface area contributed by atoms with Gasteiger partial charge in [0.05, 0.1) is 12.8 Å². The number of rotatable bonds is 2. The van der Waals surface area contributed by atoms with Gasteiger partial charge in [0.15, 0.2) is 4.67 Å². The minimum Gasteiger partial charge on any atom is -0.457 e. The Kier molecular flexibility index (Phi) is 2.73. The first kappa shape index (κ1) is 10.2. The number of aromatic nitrogens is 2. The molecular formula is C10H9BrN2O2. The quantitative estimate of drug-likeness (QED) is 0.837. The summed E-state index contributed by atoms with van der Waals surface area (Å²) in [6, 6.07) is 3.63. The molecular weight excluding hydrogens is 260 g/mol. The van der Waals surface area contributed by atoms with Crippen molar-refractivity contribution in [1.82, 2.24) is 9.55 Å². The fraction of sp³-hybridized carbons (Fsp3) is 0.200. The van der Waals surface area contributed by atoms with E-state index in [1.54, 1.807) is 25.5 Å². The summed E-state index contributed by atoms with van der Waals surface area (Å²) in [5.41, 5.74) is 1.41. The summed E-state index contributed by atoms with van der Waals surface area (Å²) < 4.78 is 7.27. The minimum atomic E-state index is -0.243. The van der Waals surface area contributed by atoms with Gasteiger partial charge in [0, 0.05) is 17.5 Å². The van der Waals surface area contributed by atoms with Crippen LogP contribution in [0.5, 0.6) is 0 Å². The van der Waals surface area contributed by atoms with Crippen molar-refractivity contribution in [3.8, 4) is 0 Å². The molecule has 0 unspecified atom stereocenters. The molecule has 78 valence electrons. The first-order valence-corrected chi connectivity index (χ1v) is 5.21. The zero-order valence-electron chi connectivity index (χ0n) is 8.11. The molecule has 5 heteroatoms. The molecule has 2 aromatic heterocycles. The van der Waals surface area contributed by atoms with Crippen LogP contribution in [0.4, 0.5) is 0 Å². The summed E-state index contributed by atoms with van der Waals surface area (Å²) in [5.74, 6) is 0. The Labute approximate surface area is 94.7 Å². The van der Waals surface area contributed by atoms with Crippen LogP contribution >= 0.6 is 15.9 Å². The van der Waals surface area contributed by atoms with Gasteiger partial charge in [-0.3, -0.25) is 4.57 Å². The Morgan fingerprint density at radius 2 is 2.40 bits per heavy atom. The number of halogens is 1. The molecule has 2 heterocycles. The van der Waals surface area contributed by atoms with Crippen molar-refractivity contribution in [2.45, 2.75) is 13.5 Å². The lowest BCUT2D eigenvalue weighted by Gasteiger charge is -2.01. The summed E-state index contributed by atoms with van der Waals surface area (Å²) >= 11 is 3.21. The molecule has 0 atom stereocenters. The molecule has 0 fully saturated rings. The Balaban J connectivity index is 2.28. The van der Waals surface area contributed by atoms with Gasteiger partial charge in [-0.05, 0) is 35.0 Å². The molecule has 0 aliphatic carbocycles. The summed E-state index contributed by atoms with van der Waals surface area (Å²) in [6.07, 6.45) is 3.34. The van der Waals surface area contributed by atoms with Crippen LogP contribution in [0.1, 0.15) is 11.3 Å². The lowest BCUT2D eigenvalue weighted by molar-refractivity contribution is 0.536. The molecule has 0 aliphatic rings. The fourth-order valence-corrected chi connectivity index (χ4v) is 1.65. The highest BCUT2D eigenvalue weighted by atomic mass is 79.9. The predicted octanol–water partition coefficient (Wildman–Crippen LogP) is 1.96. The molecule has 0 aromatic carbocycles. The second kappa shape index (κ2) is 4.02. The van der Waals surface area contributed by atoms with Crippen LogP contribution in [0.15, 0.2) is 38.5 Å². The van der Waals surface area contributed by atoms with E-state index >= 15 is 0 Å². The monoisotopic (exact) mass is 268 g/mol. The largest absolute Gasteiger partial charge is 0.457 e. The fourth-order valence-electron chi connectivity index (χ4n) is 1.26. The van der Waals surface area contributed by atoms with E-state index in [-0.39, 0.29) is 5.69 Å². The highest BCUT2D eigenvalue weighted by molar-refractivity contribution is 9.10. The first-order valence-electron chi connectivity index (χ1n) is 4.42. The third-order valence-corrected chi connectivity index (χ3v) is 2.40. The number of aryl methyl sites for hydroxylation is 1. The Morgan fingerprint density at radius 3 is 3.00 bits per heavy atom. The molecule has 4 nitrogen and oxygen atoms in total. The van der Waals surface area contributed by atoms with Crippen LogP contribution in [-0.4, -0.2) is 9.55 Å². The number of hydrogen-bond donors (Lipinski definition) is 0. The van der Waals surface area contributed by atoms with Crippen LogP contribution in [0.2, 0.25) is 0 Å². The van der Waals surface area contributed by atoms with Crippen molar-refractivity contribution >= 4 is 15.9 Å². The second-order valence-electron chi connectivity index (χ2n) is 3.24. The van der Waals surface area contributed by atoms with Gasteiger partial charge in [-0.25, -0.2) is 4.79 Å². The second-order valence-corrected chi connectivity index (χ2v) is 4.02. The van der Waals surface area contributed by atoms with Crippen LogP contribution in [0.25, 0.3) is 0 Å². The summed E-state index contributed by atoms with van der Waals surface area (Å²) in [7, 11) is 0. The third kappa shape index (κ3) is 2.36. The molecule has 0 aliphatic heterocycles. The Hall–Kier alpha value is -1.36. The van der Waals surface area contributed by atoms with Gasteiger partial charge in [-0.2, -0.15) is 4.98 Å². The van der Waals surface area contributed by atoms with E-state index < -0.39 is 0 Å².